The molecule has 1 amide bonds. The van der Waals surface area contributed by atoms with E-state index in [1.54, 1.807) is 6.92 Å². The van der Waals surface area contributed by atoms with Crippen molar-refractivity contribution in [3.63, 3.8) is 0 Å². The van der Waals surface area contributed by atoms with Gasteiger partial charge in [-0.1, -0.05) is 30.3 Å². The Morgan fingerprint density at radius 1 is 1.12 bits per heavy atom. The Balaban J connectivity index is 2.08. The summed E-state index contributed by atoms with van der Waals surface area (Å²) < 4.78 is 39.2. The first kappa shape index (κ1) is 18.8. The topological polar surface area (TPSA) is 42.3 Å². The number of pyridine rings is 1. The van der Waals surface area contributed by atoms with Crippen LogP contribution < -0.4 is 5.56 Å². The molecule has 1 aromatic carbocycles. The Labute approximate surface area is 143 Å². The fourth-order valence-corrected chi connectivity index (χ4v) is 2.49. The predicted molar refractivity (Wildman–Crippen MR) is 88.1 cm³/mol. The van der Waals surface area contributed by atoms with Crippen LogP contribution in [0, 0.1) is 0 Å². The Morgan fingerprint density at radius 3 is 2.40 bits per heavy atom. The number of benzene rings is 1. The van der Waals surface area contributed by atoms with Gasteiger partial charge in [0.05, 0.1) is 0 Å². The van der Waals surface area contributed by atoms with Crippen LogP contribution in [0.5, 0.6) is 0 Å². The molecule has 0 N–H and O–H groups in total. The molecule has 25 heavy (non-hydrogen) atoms. The molecule has 0 aliphatic heterocycles. The van der Waals surface area contributed by atoms with Crippen LogP contribution in [0.2, 0.25) is 0 Å². The molecule has 0 bridgehead atoms. The first-order valence-corrected chi connectivity index (χ1v) is 7.91. The minimum Gasteiger partial charge on any atom is -0.341 e. The van der Waals surface area contributed by atoms with Gasteiger partial charge >= 0.3 is 6.18 Å². The number of nitrogens with zero attached hydrogens (tertiary/aromatic N) is 2. The summed E-state index contributed by atoms with van der Waals surface area (Å²) in [6.07, 6.45) is -2.90. The normalized spacial score (nSPS) is 11.4. The summed E-state index contributed by atoms with van der Waals surface area (Å²) in [7, 11) is 0. The summed E-state index contributed by atoms with van der Waals surface area (Å²) in [5.74, 6) is -0.389. The lowest BCUT2D eigenvalue weighted by Gasteiger charge is -2.21. The Hall–Kier alpha value is -2.57. The van der Waals surface area contributed by atoms with Crippen molar-refractivity contribution in [2.24, 2.45) is 0 Å². The molecule has 7 heteroatoms. The van der Waals surface area contributed by atoms with E-state index in [2.05, 4.69) is 0 Å². The Kier molecular flexibility index (Phi) is 6.01. The van der Waals surface area contributed by atoms with Gasteiger partial charge in [-0.05, 0) is 31.0 Å². The van der Waals surface area contributed by atoms with Gasteiger partial charge < -0.3 is 9.47 Å². The smallest absolute Gasteiger partial charge is 0.341 e. The van der Waals surface area contributed by atoms with Gasteiger partial charge in [-0.3, -0.25) is 9.59 Å². The molecule has 0 fully saturated rings. The second-order valence-electron chi connectivity index (χ2n) is 5.56. The SMILES string of the molecule is CCN(CCc1ccccc1)C(=O)Cn1cccc(C(F)(F)F)c1=O. The molecule has 2 rings (SSSR count). The van der Waals surface area contributed by atoms with Crippen LogP contribution in [0.1, 0.15) is 18.1 Å². The highest BCUT2D eigenvalue weighted by atomic mass is 19.4. The second-order valence-corrected chi connectivity index (χ2v) is 5.56. The zero-order valence-corrected chi connectivity index (χ0v) is 13.8. The fourth-order valence-electron chi connectivity index (χ4n) is 2.49. The maximum absolute atomic E-state index is 12.8. The van der Waals surface area contributed by atoms with Gasteiger partial charge in [0.15, 0.2) is 0 Å². The molecule has 0 atom stereocenters. The van der Waals surface area contributed by atoms with E-state index >= 15 is 0 Å². The van der Waals surface area contributed by atoms with Gasteiger partial charge in [-0.15, -0.1) is 0 Å². The minimum absolute atomic E-state index is 0.389. The van der Waals surface area contributed by atoms with Gasteiger partial charge in [0.25, 0.3) is 5.56 Å². The monoisotopic (exact) mass is 352 g/mol. The molecule has 134 valence electrons. The third-order valence-corrected chi connectivity index (χ3v) is 3.88. The van der Waals surface area contributed by atoms with Gasteiger partial charge in [0.1, 0.15) is 12.1 Å². The van der Waals surface area contributed by atoms with E-state index in [-0.39, 0.29) is 5.91 Å². The van der Waals surface area contributed by atoms with Crippen LogP contribution in [0.15, 0.2) is 53.5 Å². The summed E-state index contributed by atoms with van der Waals surface area (Å²) in [5.41, 5.74) is -1.41. The third kappa shape index (κ3) is 4.95. The maximum Gasteiger partial charge on any atom is 0.421 e. The zero-order valence-electron chi connectivity index (χ0n) is 13.8. The Bertz CT molecular complexity index is 770. The molecular weight excluding hydrogens is 333 g/mol. The molecule has 2 aromatic rings. The minimum atomic E-state index is -4.74. The number of hydrogen-bond donors (Lipinski definition) is 0. The molecular formula is C18H19F3N2O2. The quantitative estimate of drug-likeness (QED) is 0.802. The van der Waals surface area contributed by atoms with E-state index < -0.39 is 23.8 Å². The van der Waals surface area contributed by atoms with Crippen molar-refractivity contribution in [3.05, 3.63) is 70.1 Å². The highest BCUT2D eigenvalue weighted by molar-refractivity contribution is 5.76. The van der Waals surface area contributed by atoms with Crippen molar-refractivity contribution in [3.8, 4) is 0 Å². The van der Waals surface area contributed by atoms with Crippen LogP contribution in [0.4, 0.5) is 13.2 Å². The largest absolute Gasteiger partial charge is 0.421 e. The van der Waals surface area contributed by atoms with Crippen LogP contribution in [-0.4, -0.2) is 28.5 Å². The number of carbonyl (C=O) groups is 1. The second kappa shape index (κ2) is 8.00. The fraction of sp³-hybridized carbons (Fsp3) is 0.333. The first-order valence-electron chi connectivity index (χ1n) is 7.91. The van der Waals surface area contributed by atoms with Crippen LogP contribution in [-0.2, 0) is 23.9 Å². The van der Waals surface area contributed by atoms with Crippen LogP contribution in [0.3, 0.4) is 0 Å². The average molecular weight is 352 g/mol. The van der Waals surface area contributed by atoms with E-state index in [0.717, 1.165) is 22.3 Å². The molecule has 0 saturated carbocycles. The standard InChI is InChI=1S/C18H19F3N2O2/c1-2-22(12-10-14-7-4-3-5-8-14)16(24)13-23-11-6-9-15(17(23)25)18(19,20)21/h3-9,11H,2,10,12-13H2,1H3. The molecule has 0 aliphatic rings. The van der Waals surface area contributed by atoms with Crippen molar-refractivity contribution >= 4 is 5.91 Å². The molecule has 1 heterocycles. The van der Waals surface area contributed by atoms with Gasteiger partial charge in [-0.2, -0.15) is 13.2 Å². The molecule has 0 spiro atoms. The lowest BCUT2D eigenvalue weighted by Crippen LogP contribution is -2.38. The number of aromatic nitrogens is 1. The summed E-state index contributed by atoms with van der Waals surface area (Å²) in [6, 6.07) is 11.4. The molecule has 0 radical (unpaired) electrons. The summed E-state index contributed by atoms with van der Waals surface area (Å²) in [5, 5.41) is 0. The van der Waals surface area contributed by atoms with Crippen molar-refractivity contribution in [2.45, 2.75) is 26.1 Å². The van der Waals surface area contributed by atoms with E-state index in [1.165, 1.54) is 11.1 Å². The van der Waals surface area contributed by atoms with Gasteiger partial charge in [-0.25, -0.2) is 0 Å². The molecule has 4 nitrogen and oxygen atoms in total. The average Bonchev–Trinajstić information content (AvgIpc) is 2.57. The number of carbonyl (C=O) groups excluding carboxylic acids is 1. The summed E-state index contributed by atoms with van der Waals surface area (Å²) in [6.45, 7) is 2.23. The van der Waals surface area contributed by atoms with Crippen molar-refractivity contribution in [2.75, 3.05) is 13.1 Å². The van der Waals surface area contributed by atoms with E-state index in [0.29, 0.717) is 19.5 Å². The van der Waals surface area contributed by atoms with Crippen LogP contribution in [0.25, 0.3) is 0 Å². The number of likely N-dealkylation sites (N-methyl/N-ethyl adjacent to an activating group) is 1. The highest BCUT2D eigenvalue weighted by Crippen LogP contribution is 2.25. The van der Waals surface area contributed by atoms with E-state index in [4.69, 9.17) is 0 Å². The van der Waals surface area contributed by atoms with Crippen molar-refractivity contribution < 1.29 is 18.0 Å². The number of amides is 1. The predicted octanol–water partition coefficient (Wildman–Crippen LogP) is 2.96. The Morgan fingerprint density at radius 2 is 1.80 bits per heavy atom. The van der Waals surface area contributed by atoms with E-state index in [1.807, 2.05) is 30.3 Å². The number of hydrogen-bond acceptors (Lipinski definition) is 2. The lowest BCUT2D eigenvalue weighted by atomic mass is 10.1. The lowest BCUT2D eigenvalue weighted by molar-refractivity contribution is -0.139. The van der Waals surface area contributed by atoms with Crippen LogP contribution >= 0.6 is 0 Å². The number of rotatable bonds is 6. The number of alkyl halides is 3. The molecule has 0 aliphatic carbocycles. The highest BCUT2D eigenvalue weighted by Gasteiger charge is 2.34. The molecule has 0 unspecified atom stereocenters. The van der Waals surface area contributed by atoms with E-state index in [9.17, 15) is 22.8 Å². The van der Waals surface area contributed by atoms with Gasteiger partial charge in [0, 0.05) is 19.3 Å². The first-order chi connectivity index (χ1) is 11.8. The summed E-state index contributed by atoms with van der Waals surface area (Å²) >= 11 is 0. The van der Waals surface area contributed by atoms with Crippen molar-refractivity contribution in [1.82, 2.24) is 9.47 Å². The third-order valence-electron chi connectivity index (χ3n) is 3.88. The molecule has 1 aromatic heterocycles. The zero-order chi connectivity index (χ0) is 18.4. The van der Waals surface area contributed by atoms with Crippen molar-refractivity contribution in [1.29, 1.82) is 0 Å². The summed E-state index contributed by atoms with van der Waals surface area (Å²) in [4.78, 5) is 25.8. The maximum atomic E-state index is 12.8. The van der Waals surface area contributed by atoms with Gasteiger partial charge in [0.2, 0.25) is 5.91 Å². The number of halogens is 3. The molecule has 0 saturated heterocycles.